The third kappa shape index (κ3) is 3.83. The Morgan fingerprint density at radius 3 is 2.62 bits per heavy atom. The highest BCUT2D eigenvalue weighted by atomic mass is 16.3. The van der Waals surface area contributed by atoms with E-state index in [1.165, 1.54) is 25.7 Å². The fraction of sp³-hybridized carbons (Fsp3) is 0.833. The molecule has 0 aliphatic heterocycles. The van der Waals surface area contributed by atoms with Gasteiger partial charge in [-0.15, -0.1) is 12.3 Å². The molecular formula is C12H20O. The van der Waals surface area contributed by atoms with Gasteiger partial charge < -0.3 is 5.11 Å². The normalized spacial score (nSPS) is 20.0. The molecule has 0 radical (unpaired) electrons. The summed E-state index contributed by atoms with van der Waals surface area (Å²) in [5, 5.41) is 9.80. The smallest absolute Gasteiger partial charge is 0.0568 e. The van der Waals surface area contributed by atoms with E-state index in [1.54, 1.807) is 0 Å². The Bertz CT molecular complexity index is 162. The summed E-state index contributed by atoms with van der Waals surface area (Å²) in [5.74, 6) is 3.22. The van der Waals surface area contributed by atoms with Crippen molar-refractivity contribution in [2.75, 3.05) is 0 Å². The first-order valence-corrected chi connectivity index (χ1v) is 5.46. The number of terminal acetylenes is 1. The van der Waals surface area contributed by atoms with Crippen LogP contribution in [0, 0.1) is 18.3 Å². The molecule has 13 heavy (non-hydrogen) atoms. The molecule has 1 unspecified atom stereocenters. The predicted octanol–water partition coefficient (Wildman–Crippen LogP) is 2.73. The molecule has 0 amide bonds. The van der Waals surface area contributed by atoms with Crippen molar-refractivity contribution in [3.05, 3.63) is 0 Å². The summed E-state index contributed by atoms with van der Waals surface area (Å²) in [6.07, 6.45) is 14.2. The zero-order chi connectivity index (χ0) is 9.52. The van der Waals surface area contributed by atoms with Gasteiger partial charge in [0.15, 0.2) is 0 Å². The maximum absolute atomic E-state index is 9.80. The molecule has 1 fully saturated rings. The fourth-order valence-electron chi connectivity index (χ4n) is 2.16. The molecule has 1 atom stereocenters. The highest BCUT2D eigenvalue weighted by Gasteiger charge is 2.22. The van der Waals surface area contributed by atoms with Gasteiger partial charge in [-0.3, -0.25) is 0 Å². The minimum absolute atomic E-state index is 0.0553. The van der Waals surface area contributed by atoms with E-state index in [2.05, 4.69) is 5.92 Å². The zero-order valence-corrected chi connectivity index (χ0v) is 8.34. The molecule has 0 heterocycles. The number of aliphatic hydroxyl groups is 1. The van der Waals surface area contributed by atoms with E-state index in [1.807, 2.05) is 0 Å². The summed E-state index contributed by atoms with van der Waals surface area (Å²) in [4.78, 5) is 0. The minimum atomic E-state index is -0.0553. The van der Waals surface area contributed by atoms with Crippen LogP contribution >= 0.6 is 0 Å². The first kappa shape index (κ1) is 10.6. The maximum Gasteiger partial charge on any atom is 0.0568 e. The summed E-state index contributed by atoms with van der Waals surface area (Å²) < 4.78 is 0. The highest BCUT2D eigenvalue weighted by Crippen LogP contribution is 2.29. The molecule has 1 rings (SSSR count). The lowest BCUT2D eigenvalue weighted by molar-refractivity contribution is 0.0992. The lowest BCUT2D eigenvalue weighted by atomic mass is 9.96. The summed E-state index contributed by atoms with van der Waals surface area (Å²) in [5.41, 5.74) is 0. The summed E-state index contributed by atoms with van der Waals surface area (Å²) >= 11 is 0. The first-order valence-electron chi connectivity index (χ1n) is 5.46. The second-order valence-corrected chi connectivity index (χ2v) is 4.06. The van der Waals surface area contributed by atoms with Crippen molar-refractivity contribution < 1.29 is 5.11 Å². The lowest BCUT2D eigenvalue weighted by Crippen LogP contribution is -2.17. The molecule has 1 N–H and O–H groups in total. The highest BCUT2D eigenvalue weighted by molar-refractivity contribution is 4.83. The Labute approximate surface area is 81.5 Å². The molecule has 1 saturated carbocycles. The molecular weight excluding hydrogens is 160 g/mol. The van der Waals surface area contributed by atoms with E-state index in [0.717, 1.165) is 25.7 Å². The molecule has 1 heteroatoms. The van der Waals surface area contributed by atoms with Crippen LogP contribution in [0.5, 0.6) is 0 Å². The topological polar surface area (TPSA) is 20.2 Å². The van der Waals surface area contributed by atoms with Gasteiger partial charge in [-0.1, -0.05) is 12.8 Å². The Morgan fingerprint density at radius 1 is 1.31 bits per heavy atom. The van der Waals surface area contributed by atoms with E-state index in [-0.39, 0.29) is 6.10 Å². The van der Waals surface area contributed by atoms with Crippen molar-refractivity contribution in [2.24, 2.45) is 5.92 Å². The monoisotopic (exact) mass is 180 g/mol. The van der Waals surface area contributed by atoms with Crippen molar-refractivity contribution in [1.29, 1.82) is 0 Å². The van der Waals surface area contributed by atoms with Crippen LogP contribution in [-0.2, 0) is 0 Å². The van der Waals surface area contributed by atoms with E-state index >= 15 is 0 Å². The summed E-state index contributed by atoms with van der Waals surface area (Å²) in [7, 11) is 0. The Hall–Kier alpha value is -0.480. The molecule has 0 aromatic rings. The van der Waals surface area contributed by atoms with Crippen LogP contribution in [0.2, 0.25) is 0 Å². The van der Waals surface area contributed by atoms with Crippen molar-refractivity contribution in [3.8, 4) is 12.3 Å². The van der Waals surface area contributed by atoms with Crippen molar-refractivity contribution >= 4 is 0 Å². The number of hydrogen-bond donors (Lipinski definition) is 1. The van der Waals surface area contributed by atoms with E-state index in [0.29, 0.717) is 5.92 Å². The molecule has 0 saturated heterocycles. The van der Waals surface area contributed by atoms with E-state index < -0.39 is 0 Å². The van der Waals surface area contributed by atoms with Gasteiger partial charge in [0.05, 0.1) is 6.10 Å². The van der Waals surface area contributed by atoms with Crippen LogP contribution in [0.25, 0.3) is 0 Å². The molecule has 0 bridgehead atoms. The largest absolute Gasteiger partial charge is 0.393 e. The average molecular weight is 180 g/mol. The number of aliphatic hydroxyl groups excluding tert-OH is 1. The lowest BCUT2D eigenvalue weighted by Gasteiger charge is -2.16. The van der Waals surface area contributed by atoms with Crippen LogP contribution in [0.3, 0.4) is 0 Å². The first-order chi connectivity index (χ1) is 6.34. The molecule has 74 valence electrons. The molecule has 1 aliphatic rings. The maximum atomic E-state index is 9.80. The Kier molecular flexibility index (Phi) is 4.93. The minimum Gasteiger partial charge on any atom is -0.393 e. The standard InChI is InChI=1S/C12H20O/c1-2-3-4-5-10-12(13)11-8-6-7-9-11/h1,11-13H,3-10H2. The van der Waals surface area contributed by atoms with E-state index in [9.17, 15) is 5.11 Å². The van der Waals surface area contributed by atoms with Gasteiger partial charge in [0.2, 0.25) is 0 Å². The van der Waals surface area contributed by atoms with Crippen LogP contribution in [-0.4, -0.2) is 11.2 Å². The van der Waals surface area contributed by atoms with Gasteiger partial charge in [0.25, 0.3) is 0 Å². The van der Waals surface area contributed by atoms with Gasteiger partial charge in [0.1, 0.15) is 0 Å². The second kappa shape index (κ2) is 6.05. The number of unbranched alkanes of at least 4 members (excludes halogenated alkanes) is 2. The van der Waals surface area contributed by atoms with E-state index in [4.69, 9.17) is 6.42 Å². The van der Waals surface area contributed by atoms with Crippen LogP contribution in [0.1, 0.15) is 51.4 Å². The van der Waals surface area contributed by atoms with Crippen LogP contribution < -0.4 is 0 Å². The Balaban J connectivity index is 2.03. The van der Waals surface area contributed by atoms with Crippen LogP contribution in [0.15, 0.2) is 0 Å². The Morgan fingerprint density at radius 2 is 2.00 bits per heavy atom. The molecule has 0 aromatic heterocycles. The number of hydrogen-bond acceptors (Lipinski definition) is 1. The third-order valence-corrected chi connectivity index (χ3v) is 3.01. The third-order valence-electron chi connectivity index (χ3n) is 3.01. The molecule has 0 aromatic carbocycles. The van der Waals surface area contributed by atoms with Crippen LogP contribution in [0.4, 0.5) is 0 Å². The van der Waals surface area contributed by atoms with Gasteiger partial charge in [-0.05, 0) is 38.0 Å². The van der Waals surface area contributed by atoms with Gasteiger partial charge in [-0.25, -0.2) is 0 Å². The SMILES string of the molecule is C#CCCCCC(O)C1CCCC1. The summed E-state index contributed by atoms with van der Waals surface area (Å²) in [6, 6.07) is 0. The predicted molar refractivity (Wildman–Crippen MR) is 55.3 cm³/mol. The fourth-order valence-corrected chi connectivity index (χ4v) is 2.16. The average Bonchev–Trinajstić information content (AvgIpc) is 2.65. The molecule has 0 spiro atoms. The second-order valence-electron chi connectivity index (χ2n) is 4.06. The number of rotatable bonds is 5. The van der Waals surface area contributed by atoms with Gasteiger partial charge >= 0.3 is 0 Å². The zero-order valence-electron chi connectivity index (χ0n) is 8.34. The molecule has 1 aliphatic carbocycles. The van der Waals surface area contributed by atoms with Crippen molar-refractivity contribution in [3.63, 3.8) is 0 Å². The quantitative estimate of drug-likeness (QED) is 0.509. The van der Waals surface area contributed by atoms with Gasteiger partial charge in [0, 0.05) is 6.42 Å². The summed E-state index contributed by atoms with van der Waals surface area (Å²) in [6.45, 7) is 0. The van der Waals surface area contributed by atoms with Crippen molar-refractivity contribution in [2.45, 2.75) is 57.5 Å². The molecule has 1 nitrogen and oxygen atoms in total. The van der Waals surface area contributed by atoms with Gasteiger partial charge in [-0.2, -0.15) is 0 Å². The van der Waals surface area contributed by atoms with Crippen molar-refractivity contribution in [1.82, 2.24) is 0 Å².